The zero-order valence-electron chi connectivity index (χ0n) is 10.4. The fourth-order valence-corrected chi connectivity index (χ4v) is 2.98. The van der Waals surface area contributed by atoms with Crippen molar-refractivity contribution in [2.75, 3.05) is 13.2 Å². The summed E-state index contributed by atoms with van der Waals surface area (Å²) < 4.78 is 5.77. The molecule has 0 aromatic heterocycles. The van der Waals surface area contributed by atoms with Crippen LogP contribution in [0.2, 0.25) is 10.0 Å². The first-order valence-electron chi connectivity index (χ1n) is 6.42. The lowest BCUT2D eigenvalue weighted by molar-refractivity contribution is 0.0754. The third kappa shape index (κ3) is 3.61. The molecule has 2 rings (SSSR count). The molecule has 0 heterocycles. The molecule has 2 unspecified atom stereocenters. The molecule has 2 nitrogen and oxygen atoms in total. The molecule has 0 amide bonds. The van der Waals surface area contributed by atoms with Crippen molar-refractivity contribution in [2.24, 2.45) is 17.6 Å². The van der Waals surface area contributed by atoms with Crippen LogP contribution in [0, 0.1) is 11.8 Å². The quantitative estimate of drug-likeness (QED) is 0.892. The molecule has 0 aliphatic heterocycles. The van der Waals surface area contributed by atoms with Gasteiger partial charge in [0.15, 0.2) is 0 Å². The molecule has 0 radical (unpaired) electrons. The molecule has 0 spiro atoms. The van der Waals surface area contributed by atoms with Gasteiger partial charge in [0.2, 0.25) is 0 Å². The molecule has 100 valence electrons. The fraction of sp³-hybridized carbons (Fsp3) is 0.571. The molecule has 1 aromatic rings. The van der Waals surface area contributed by atoms with Crippen molar-refractivity contribution in [1.82, 2.24) is 0 Å². The van der Waals surface area contributed by atoms with Crippen LogP contribution < -0.4 is 5.73 Å². The first-order valence-corrected chi connectivity index (χ1v) is 7.18. The summed E-state index contributed by atoms with van der Waals surface area (Å²) in [5.41, 5.74) is 6.71. The molecule has 18 heavy (non-hydrogen) atoms. The van der Waals surface area contributed by atoms with Crippen molar-refractivity contribution in [2.45, 2.75) is 25.9 Å². The van der Waals surface area contributed by atoms with Gasteiger partial charge in [-0.1, -0.05) is 29.6 Å². The van der Waals surface area contributed by atoms with Crippen molar-refractivity contribution in [3.05, 3.63) is 33.8 Å². The normalized spacial score (nSPS) is 23.5. The first kappa shape index (κ1) is 14.1. The number of hydrogen-bond acceptors (Lipinski definition) is 2. The maximum atomic E-state index is 6.09. The second kappa shape index (κ2) is 6.76. The predicted octanol–water partition coefficient (Wildman–Crippen LogP) is 3.89. The van der Waals surface area contributed by atoms with Gasteiger partial charge in [-0.05, 0) is 55.0 Å². The van der Waals surface area contributed by atoms with Gasteiger partial charge in [-0.25, -0.2) is 0 Å². The standard InChI is InChI=1S/C14H19Cl2NO/c15-13-4-5-14(16)12(6-13)9-18-8-11-3-1-2-10(11)7-17/h4-6,10-11H,1-3,7-9,17H2. The molecule has 2 atom stereocenters. The summed E-state index contributed by atoms with van der Waals surface area (Å²) in [6, 6.07) is 5.45. The van der Waals surface area contributed by atoms with Gasteiger partial charge in [0.1, 0.15) is 0 Å². The average molecular weight is 288 g/mol. The number of halogens is 2. The number of rotatable bonds is 5. The second-order valence-electron chi connectivity index (χ2n) is 4.94. The maximum absolute atomic E-state index is 6.09. The zero-order valence-corrected chi connectivity index (χ0v) is 11.9. The van der Waals surface area contributed by atoms with Crippen molar-refractivity contribution in [3.63, 3.8) is 0 Å². The van der Waals surface area contributed by atoms with Gasteiger partial charge in [0, 0.05) is 10.0 Å². The first-order chi connectivity index (χ1) is 8.70. The van der Waals surface area contributed by atoms with Crippen LogP contribution >= 0.6 is 23.2 Å². The molecule has 4 heteroatoms. The monoisotopic (exact) mass is 287 g/mol. The van der Waals surface area contributed by atoms with Gasteiger partial charge in [0.05, 0.1) is 13.2 Å². The van der Waals surface area contributed by atoms with Crippen LogP contribution in [-0.4, -0.2) is 13.2 Å². The van der Waals surface area contributed by atoms with Crippen molar-refractivity contribution in [1.29, 1.82) is 0 Å². The Balaban J connectivity index is 1.83. The Morgan fingerprint density at radius 3 is 2.78 bits per heavy atom. The fourth-order valence-electron chi connectivity index (χ4n) is 2.62. The van der Waals surface area contributed by atoms with Crippen LogP contribution in [0.1, 0.15) is 24.8 Å². The van der Waals surface area contributed by atoms with Gasteiger partial charge in [-0.15, -0.1) is 0 Å². The van der Waals surface area contributed by atoms with E-state index in [1.807, 2.05) is 6.07 Å². The molecule has 1 aliphatic rings. The second-order valence-corrected chi connectivity index (χ2v) is 5.78. The zero-order chi connectivity index (χ0) is 13.0. The summed E-state index contributed by atoms with van der Waals surface area (Å²) in [5.74, 6) is 1.23. The molecular weight excluding hydrogens is 269 g/mol. The molecule has 2 N–H and O–H groups in total. The highest BCUT2D eigenvalue weighted by molar-refractivity contribution is 6.33. The van der Waals surface area contributed by atoms with Gasteiger partial charge in [-0.3, -0.25) is 0 Å². The molecular formula is C14H19Cl2NO. The minimum Gasteiger partial charge on any atom is -0.376 e. The molecule has 1 saturated carbocycles. The van der Waals surface area contributed by atoms with Crippen molar-refractivity contribution in [3.8, 4) is 0 Å². The van der Waals surface area contributed by atoms with Crippen LogP contribution in [0.15, 0.2) is 18.2 Å². The van der Waals surface area contributed by atoms with Gasteiger partial charge in [-0.2, -0.15) is 0 Å². The van der Waals surface area contributed by atoms with E-state index in [2.05, 4.69) is 0 Å². The number of ether oxygens (including phenoxy) is 1. The van der Waals surface area contributed by atoms with Crippen LogP contribution in [0.5, 0.6) is 0 Å². The van der Waals surface area contributed by atoms with E-state index in [0.717, 1.165) is 18.7 Å². The van der Waals surface area contributed by atoms with Crippen LogP contribution in [-0.2, 0) is 11.3 Å². The van der Waals surface area contributed by atoms with Gasteiger partial charge in [0.25, 0.3) is 0 Å². The van der Waals surface area contributed by atoms with E-state index in [4.69, 9.17) is 33.7 Å². The van der Waals surface area contributed by atoms with E-state index < -0.39 is 0 Å². The van der Waals surface area contributed by atoms with E-state index in [1.54, 1.807) is 12.1 Å². The summed E-state index contributed by atoms with van der Waals surface area (Å²) in [6.07, 6.45) is 3.74. The van der Waals surface area contributed by atoms with Gasteiger partial charge < -0.3 is 10.5 Å². The van der Waals surface area contributed by atoms with E-state index in [-0.39, 0.29) is 0 Å². The Kier molecular flexibility index (Phi) is 5.31. The smallest absolute Gasteiger partial charge is 0.0732 e. The molecule has 1 fully saturated rings. The molecule has 1 aliphatic carbocycles. The van der Waals surface area contributed by atoms with E-state index in [1.165, 1.54) is 19.3 Å². The highest BCUT2D eigenvalue weighted by Crippen LogP contribution is 2.31. The maximum Gasteiger partial charge on any atom is 0.0732 e. The lowest BCUT2D eigenvalue weighted by atomic mass is 9.97. The molecule has 0 saturated heterocycles. The number of nitrogens with two attached hydrogens (primary N) is 1. The van der Waals surface area contributed by atoms with Crippen molar-refractivity contribution < 1.29 is 4.74 Å². The highest BCUT2D eigenvalue weighted by atomic mass is 35.5. The Morgan fingerprint density at radius 1 is 1.22 bits per heavy atom. The number of benzene rings is 1. The predicted molar refractivity (Wildman–Crippen MR) is 76.0 cm³/mol. The van der Waals surface area contributed by atoms with E-state index in [9.17, 15) is 0 Å². The van der Waals surface area contributed by atoms with E-state index >= 15 is 0 Å². The lowest BCUT2D eigenvalue weighted by Crippen LogP contribution is -2.22. The minimum atomic E-state index is 0.521. The topological polar surface area (TPSA) is 35.2 Å². The summed E-state index contributed by atoms with van der Waals surface area (Å²) in [6.45, 7) is 2.06. The third-order valence-corrected chi connectivity index (χ3v) is 4.32. The lowest BCUT2D eigenvalue weighted by Gasteiger charge is -2.18. The van der Waals surface area contributed by atoms with Gasteiger partial charge >= 0.3 is 0 Å². The summed E-state index contributed by atoms with van der Waals surface area (Å²) in [7, 11) is 0. The largest absolute Gasteiger partial charge is 0.376 e. The third-order valence-electron chi connectivity index (χ3n) is 3.72. The highest BCUT2D eigenvalue weighted by Gasteiger charge is 2.25. The molecule has 1 aromatic carbocycles. The Morgan fingerprint density at radius 2 is 2.00 bits per heavy atom. The molecule has 0 bridgehead atoms. The summed E-state index contributed by atoms with van der Waals surface area (Å²) in [4.78, 5) is 0. The van der Waals surface area contributed by atoms with Crippen LogP contribution in [0.4, 0.5) is 0 Å². The Labute approximate surface area is 118 Å². The Bertz CT molecular complexity index is 397. The van der Waals surface area contributed by atoms with Crippen LogP contribution in [0.3, 0.4) is 0 Å². The average Bonchev–Trinajstić information content (AvgIpc) is 2.81. The minimum absolute atomic E-state index is 0.521. The van der Waals surface area contributed by atoms with Crippen molar-refractivity contribution >= 4 is 23.2 Å². The number of hydrogen-bond donors (Lipinski definition) is 1. The van der Waals surface area contributed by atoms with E-state index in [0.29, 0.717) is 28.5 Å². The Hall–Kier alpha value is -0.280. The summed E-state index contributed by atoms with van der Waals surface area (Å²) in [5, 5.41) is 1.40. The summed E-state index contributed by atoms with van der Waals surface area (Å²) >= 11 is 12.0. The van der Waals surface area contributed by atoms with Crippen LogP contribution in [0.25, 0.3) is 0 Å². The SMILES string of the molecule is NCC1CCCC1COCc1cc(Cl)ccc1Cl.